The summed E-state index contributed by atoms with van der Waals surface area (Å²) >= 11 is 0. The summed E-state index contributed by atoms with van der Waals surface area (Å²) in [5.41, 5.74) is 6.70. The van der Waals surface area contributed by atoms with E-state index in [2.05, 4.69) is 68.1 Å². The Morgan fingerprint density at radius 1 is 1.06 bits per heavy atom. The molecule has 0 bridgehead atoms. The number of amides is 1. The lowest BCUT2D eigenvalue weighted by molar-refractivity contribution is -0.150. The fourth-order valence-corrected chi connectivity index (χ4v) is 5.00. The van der Waals surface area contributed by atoms with E-state index in [1.165, 1.54) is 16.7 Å². The number of nitrogens with zero attached hydrogens (tertiary/aromatic N) is 3. The van der Waals surface area contributed by atoms with Gasteiger partial charge in [-0.25, -0.2) is 5.01 Å². The van der Waals surface area contributed by atoms with Gasteiger partial charge in [-0.05, 0) is 58.2 Å². The van der Waals surface area contributed by atoms with Gasteiger partial charge < -0.3 is 4.74 Å². The highest BCUT2D eigenvalue weighted by Crippen LogP contribution is 2.34. The van der Waals surface area contributed by atoms with Crippen molar-refractivity contribution in [1.82, 2.24) is 9.91 Å². The number of ether oxygens (including phenoxy) is 1. The molecule has 1 amide bonds. The van der Waals surface area contributed by atoms with E-state index in [1.54, 1.807) is 5.01 Å². The van der Waals surface area contributed by atoms with Gasteiger partial charge in [-0.2, -0.15) is 5.10 Å². The van der Waals surface area contributed by atoms with Crippen LogP contribution in [-0.4, -0.2) is 53.7 Å². The molecule has 2 aromatic rings. The normalized spacial score (nSPS) is 20.8. The van der Waals surface area contributed by atoms with Gasteiger partial charge in [0, 0.05) is 18.5 Å². The number of aryl methyl sites for hydroxylation is 3. The molecule has 0 N–H and O–H groups in total. The first-order valence-corrected chi connectivity index (χ1v) is 12.3. The van der Waals surface area contributed by atoms with E-state index in [0.29, 0.717) is 19.6 Å². The van der Waals surface area contributed by atoms with Crippen molar-refractivity contribution in [3.63, 3.8) is 0 Å². The molecule has 0 radical (unpaired) electrons. The van der Waals surface area contributed by atoms with Crippen molar-refractivity contribution in [1.29, 1.82) is 0 Å². The van der Waals surface area contributed by atoms with Crippen molar-refractivity contribution < 1.29 is 14.3 Å². The van der Waals surface area contributed by atoms with Crippen LogP contribution in [0.15, 0.2) is 47.6 Å². The predicted molar refractivity (Wildman–Crippen MR) is 134 cm³/mol. The molecule has 180 valence electrons. The number of carbonyl (C=O) groups excluding carboxylic acids is 2. The third kappa shape index (κ3) is 5.39. The molecular weight excluding hydrogens is 426 g/mol. The smallest absolute Gasteiger partial charge is 0.310 e. The summed E-state index contributed by atoms with van der Waals surface area (Å²) in [7, 11) is 0. The van der Waals surface area contributed by atoms with Crippen LogP contribution in [0, 0.1) is 26.7 Å². The van der Waals surface area contributed by atoms with Gasteiger partial charge in [0.15, 0.2) is 0 Å². The highest BCUT2D eigenvalue weighted by atomic mass is 16.5. The number of piperidine rings is 1. The highest BCUT2D eigenvalue weighted by molar-refractivity contribution is 6.04. The van der Waals surface area contributed by atoms with Gasteiger partial charge in [0.25, 0.3) is 5.91 Å². The average molecular weight is 462 g/mol. The maximum Gasteiger partial charge on any atom is 0.310 e. The third-order valence-corrected chi connectivity index (χ3v) is 6.81. The molecule has 0 aromatic heterocycles. The van der Waals surface area contributed by atoms with Gasteiger partial charge in [-0.3, -0.25) is 14.5 Å². The van der Waals surface area contributed by atoms with Crippen LogP contribution in [0.25, 0.3) is 0 Å². The fraction of sp³-hybridized carbons (Fsp3) is 0.464. The Hall–Kier alpha value is -2.99. The van der Waals surface area contributed by atoms with Gasteiger partial charge >= 0.3 is 5.97 Å². The van der Waals surface area contributed by atoms with E-state index in [0.717, 1.165) is 36.2 Å². The van der Waals surface area contributed by atoms with Crippen molar-refractivity contribution in [2.24, 2.45) is 11.0 Å². The Kier molecular flexibility index (Phi) is 7.47. The number of hydrogen-bond donors (Lipinski definition) is 0. The summed E-state index contributed by atoms with van der Waals surface area (Å²) in [5.74, 6) is -0.356. The first kappa shape index (κ1) is 24.1. The number of hydrazone groups is 1. The first-order valence-electron chi connectivity index (χ1n) is 12.3. The number of benzene rings is 2. The molecular formula is C28H35N3O3. The summed E-state index contributed by atoms with van der Waals surface area (Å²) in [5, 5.41) is 6.53. The van der Waals surface area contributed by atoms with Gasteiger partial charge in [-0.15, -0.1) is 0 Å². The minimum atomic E-state index is -0.165. The lowest BCUT2D eigenvalue weighted by Gasteiger charge is -2.32. The number of hydrogen-bond acceptors (Lipinski definition) is 5. The van der Waals surface area contributed by atoms with Gasteiger partial charge in [0.1, 0.15) is 0 Å². The topological polar surface area (TPSA) is 62.2 Å². The molecule has 2 heterocycles. The van der Waals surface area contributed by atoms with Crippen LogP contribution in [-0.2, 0) is 14.3 Å². The summed E-state index contributed by atoms with van der Waals surface area (Å²) in [4.78, 5) is 27.9. The van der Waals surface area contributed by atoms with E-state index in [-0.39, 0.29) is 30.4 Å². The maximum atomic E-state index is 13.5. The highest BCUT2D eigenvalue weighted by Gasteiger charge is 2.35. The molecule has 2 aromatic carbocycles. The van der Waals surface area contributed by atoms with Crippen LogP contribution in [0.1, 0.15) is 60.0 Å². The molecule has 1 saturated heterocycles. The number of rotatable bonds is 6. The van der Waals surface area contributed by atoms with Crippen molar-refractivity contribution in [3.8, 4) is 0 Å². The van der Waals surface area contributed by atoms with Crippen LogP contribution >= 0.6 is 0 Å². The van der Waals surface area contributed by atoms with Crippen molar-refractivity contribution >= 4 is 17.6 Å². The fourth-order valence-electron chi connectivity index (χ4n) is 5.00. The van der Waals surface area contributed by atoms with E-state index < -0.39 is 0 Å². The molecule has 34 heavy (non-hydrogen) atoms. The number of carbonyl (C=O) groups is 2. The van der Waals surface area contributed by atoms with Crippen LogP contribution in [0.3, 0.4) is 0 Å². The van der Waals surface area contributed by atoms with Crippen molar-refractivity contribution in [3.05, 3.63) is 70.3 Å². The quantitative estimate of drug-likeness (QED) is 0.592. The summed E-state index contributed by atoms with van der Waals surface area (Å²) in [6.07, 6.45) is 2.38. The lowest BCUT2D eigenvalue weighted by atomic mass is 9.95. The van der Waals surface area contributed by atoms with Gasteiger partial charge in [0.2, 0.25) is 0 Å². The summed E-state index contributed by atoms with van der Waals surface area (Å²) in [6.45, 7) is 10.1. The third-order valence-electron chi connectivity index (χ3n) is 6.81. The van der Waals surface area contributed by atoms with Crippen LogP contribution in [0.5, 0.6) is 0 Å². The Morgan fingerprint density at radius 3 is 2.50 bits per heavy atom. The Balaban J connectivity index is 1.56. The van der Waals surface area contributed by atoms with Crippen LogP contribution in [0.2, 0.25) is 0 Å². The lowest BCUT2D eigenvalue weighted by Crippen LogP contribution is -2.44. The molecule has 2 aliphatic heterocycles. The van der Waals surface area contributed by atoms with Gasteiger partial charge in [0.05, 0.1) is 30.8 Å². The molecule has 6 heteroatoms. The molecule has 2 atom stereocenters. The van der Waals surface area contributed by atoms with E-state index >= 15 is 0 Å². The average Bonchev–Trinajstić information content (AvgIpc) is 3.25. The maximum absolute atomic E-state index is 13.5. The zero-order valence-corrected chi connectivity index (χ0v) is 20.7. The monoisotopic (exact) mass is 461 g/mol. The molecule has 0 saturated carbocycles. The zero-order chi connectivity index (χ0) is 24.2. The van der Waals surface area contributed by atoms with E-state index in [1.807, 2.05) is 6.92 Å². The van der Waals surface area contributed by atoms with Crippen LogP contribution < -0.4 is 0 Å². The molecule has 1 fully saturated rings. The second-order valence-electron chi connectivity index (χ2n) is 9.56. The Morgan fingerprint density at radius 2 is 1.79 bits per heavy atom. The second kappa shape index (κ2) is 10.5. The minimum absolute atomic E-state index is 0.0325. The summed E-state index contributed by atoms with van der Waals surface area (Å²) in [6, 6.07) is 14.6. The molecule has 4 rings (SSSR count). The zero-order valence-electron chi connectivity index (χ0n) is 20.7. The number of esters is 1. The summed E-state index contributed by atoms with van der Waals surface area (Å²) < 4.78 is 5.22. The molecule has 6 nitrogen and oxygen atoms in total. The standard InChI is InChI=1S/C28H35N3O3/c1-5-34-28(33)23-7-6-14-30(17-23)18-27(32)31-26(22-11-8-19(2)9-12-22)16-25(29-31)24-13-10-20(3)15-21(24)4/h8-13,15,23,26H,5-7,14,16-18H2,1-4H3/t23-,26+/m0/s1. The van der Waals surface area contributed by atoms with Crippen LogP contribution in [0.4, 0.5) is 0 Å². The number of likely N-dealkylation sites (tertiary alicyclic amines) is 1. The Bertz CT molecular complexity index is 1080. The molecule has 0 aliphatic carbocycles. The van der Waals surface area contributed by atoms with E-state index in [9.17, 15) is 9.59 Å². The molecule has 0 spiro atoms. The minimum Gasteiger partial charge on any atom is -0.466 e. The Labute approximate surface area is 202 Å². The predicted octanol–water partition coefficient (Wildman–Crippen LogP) is 4.56. The van der Waals surface area contributed by atoms with E-state index in [4.69, 9.17) is 9.84 Å². The molecule has 2 aliphatic rings. The molecule has 0 unspecified atom stereocenters. The van der Waals surface area contributed by atoms with Gasteiger partial charge in [-0.1, -0.05) is 53.6 Å². The largest absolute Gasteiger partial charge is 0.466 e. The van der Waals surface area contributed by atoms with Crippen molar-refractivity contribution in [2.75, 3.05) is 26.2 Å². The first-order chi connectivity index (χ1) is 16.4. The SMILES string of the molecule is CCOC(=O)[C@H]1CCCN(CC(=O)N2N=C(c3ccc(C)cc3C)C[C@@H]2c2ccc(C)cc2)C1. The van der Waals surface area contributed by atoms with Crippen molar-refractivity contribution in [2.45, 2.75) is 53.0 Å². The second-order valence-corrected chi connectivity index (χ2v) is 9.56.